The minimum atomic E-state index is 0.409. The first-order chi connectivity index (χ1) is 8.00. The van der Waals surface area contributed by atoms with Gasteiger partial charge >= 0.3 is 0 Å². The minimum absolute atomic E-state index is 0.409. The van der Waals surface area contributed by atoms with E-state index in [-0.39, 0.29) is 0 Å². The first kappa shape index (κ1) is 13.4. The van der Waals surface area contributed by atoms with Crippen LogP contribution in [0.4, 0.5) is 0 Å². The minimum Gasteiger partial charge on any atom is -0.0840 e. The summed E-state index contributed by atoms with van der Waals surface area (Å²) in [6.07, 6.45) is 4.03. The molecule has 0 radical (unpaired) electrons. The molecule has 3 unspecified atom stereocenters. The van der Waals surface area contributed by atoms with Crippen LogP contribution in [0.15, 0.2) is 12.1 Å². The number of benzene rings is 1. The van der Waals surface area contributed by atoms with E-state index in [2.05, 4.69) is 48.8 Å². The van der Waals surface area contributed by atoms with Gasteiger partial charge in [-0.05, 0) is 54.9 Å². The fourth-order valence-corrected chi connectivity index (χ4v) is 4.49. The summed E-state index contributed by atoms with van der Waals surface area (Å²) >= 11 is 10.3. The molecule has 0 N–H and O–H groups in total. The molecule has 0 nitrogen and oxygen atoms in total. The van der Waals surface area contributed by atoms with Crippen LogP contribution in [0.3, 0.4) is 0 Å². The van der Waals surface area contributed by atoms with Gasteiger partial charge in [-0.25, -0.2) is 0 Å². The zero-order valence-corrected chi connectivity index (χ0v) is 13.1. The molecule has 94 valence electrons. The van der Waals surface area contributed by atoms with Crippen LogP contribution in [0, 0.1) is 25.7 Å². The Morgan fingerprint density at radius 3 is 2.47 bits per heavy atom. The summed E-state index contributed by atoms with van der Waals surface area (Å²) in [6.45, 7) is 6.64. The number of rotatable bonds is 2. The van der Waals surface area contributed by atoms with Crippen molar-refractivity contribution in [1.29, 1.82) is 0 Å². The van der Waals surface area contributed by atoms with E-state index in [0.29, 0.717) is 4.83 Å². The third kappa shape index (κ3) is 2.71. The Morgan fingerprint density at radius 1 is 1.24 bits per heavy atom. The van der Waals surface area contributed by atoms with Crippen molar-refractivity contribution in [3.05, 3.63) is 33.8 Å². The Labute approximate surface area is 118 Å². The highest BCUT2D eigenvalue weighted by Crippen LogP contribution is 2.46. The topological polar surface area (TPSA) is 0 Å². The Kier molecular flexibility index (Phi) is 4.20. The van der Waals surface area contributed by atoms with E-state index in [1.54, 1.807) is 0 Å². The van der Waals surface area contributed by atoms with Crippen LogP contribution in [0.25, 0.3) is 0 Å². The van der Waals surface area contributed by atoms with Crippen molar-refractivity contribution >= 4 is 27.5 Å². The van der Waals surface area contributed by atoms with Gasteiger partial charge in [-0.1, -0.05) is 53.4 Å². The van der Waals surface area contributed by atoms with Crippen molar-refractivity contribution in [2.75, 3.05) is 0 Å². The first-order valence-electron chi connectivity index (χ1n) is 6.41. The maximum Gasteiger partial charge on any atom is 0.0452 e. The molecule has 3 atom stereocenters. The van der Waals surface area contributed by atoms with Gasteiger partial charge in [0.05, 0.1) is 0 Å². The van der Waals surface area contributed by atoms with Gasteiger partial charge in [0.1, 0.15) is 0 Å². The van der Waals surface area contributed by atoms with Gasteiger partial charge in [0, 0.05) is 9.85 Å². The number of halogens is 2. The molecule has 2 heteroatoms. The van der Waals surface area contributed by atoms with E-state index in [1.807, 2.05) is 0 Å². The van der Waals surface area contributed by atoms with Gasteiger partial charge in [-0.3, -0.25) is 0 Å². The largest absolute Gasteiger partial charge is 0.0840 e. The Balaban J connectivity index is 2.30. The fraction of sp³-hybridized carbons (Fsp3) is 0.600. The molecular formula is C15H20BrCl. The molecule has 17 heavy (non-hydrogen) atoms. The molecule has 1 aromatic rings. The van der Waals surface area contributed by atoms with Crippen molar-refractivity contribution in [2.45, 2.75) is 44.9 Å². The van der Waals surface area contributed by atoms with Gasteiger partial charge in [-0.15, -0.1) is 0 Å². The van der Waals surface area contributed by atoms with E-state index in [4.69, 9.17) is 11.6 Å². The van der Waals surface area contributed by atoms with E-state index in [9.17, 15) is 0 Å². The molecule has 0 aliphatic heterocycles. The van der Waals surface area contributed by atoms with Gasteiger partial charge in [-0.2, -0.15) is 0 Å². The summed E-state index contributed by atoms with van der Waals surface area (Å²) in [4.78, 5) is 0.409. The van der Waals surface area contributed by atoms with Crippen molar-refractivity contribution < 1.29 is 0 Å². The van der Waals surface area contributed by atoms with Crippen LogP contribution in [-0.4, -0.2) is 0 Å². The highest BCUT2D eigenvalue weighted by Gasteiger charge is 2.31. The summed E-state index contributed by atoms with van der Waals surface area (Å²) in [6, 6.07) is 4.35. The normalized spacial score (nSPS) is 26.2. The molecule has 1 aliphatic carbocycles. The van der Waals surface area contributed by atoms with E-state index >= 15 is 0 Å². The van der Waals surface area contributed by atoms with Gasteiger partial charge in [0.25, 0.3) is 0 Å². The summed E-state index contributed by atoms with van der Waals surface area (Å²) in [7, 11) is 0. The van der Waals surface area contributed by atoms with Crippen LogP contribution >= 0.6 is 27.5 Å². The van der Waals surface area contributed by atoms with Crippen LogP contribution in [0.5, 0.6) is 0 Å². The van der Waals surface area contributed by atoms with E-state index < -0.39 is 0 Å². The van der Waals surface area contributed by atoms with Gasteiger partial charge in [0.2, 0.25) is 0 Å². The molecule has 0 heterocycles. The van der Waals surface area contributed by atoms with Crippen molar-refractivity contribution in [3.8, 4) is 0 Å². The molecule has 1 aliphatic rings. The van der Waals surface area contributed by atoms with Crippen molar-refractivity contribution in [2.24, 2.45) is 11.8 Å². The highest BCUT2D eigenvalue weighted by molar-refractivity contribution is 9.09. The van der Waals surface area contributed by atoms with Gasteiger partial charge < -0.3 is 0 Å². The summed E-state index contributed by atoms with van der Waals surface area (Å²) in [5.41, 5.74) is 3.88. The third-order valence-electron chi connectivity index (χ3n) is 4.21. The summed E-state index contributed by atoms with van der Waals surface area (Å²) in [5, 5.41) is 0.911. The molecular weight excluding hydrogens is 296 g/mol. The number of alkyl halides is 1. The summed E-state index contributed by atoms with van der Waals surface area (Å²) < 4.78 is 0. The second kappa shape index (κ2) is 5.32. The molecule has 0 spiro atoms. The summed E-state index contributed by atoms with van der Waals surface area (Å²) in [5.74, 6) is 1.53. The smallest absolute Gasteiger partial charge is 0.0452 e. The molecule has 0 bridgehead atoms. The fourth-order valence-electron chi connectivity index (χ4n) is 2.85. The average molecular weight is 316 g/mol. The quantitative estimate of drug-likeness (QED) is 0.602. The standard InChI is InChI=1S/C15H20BrCl/c1-9-5-4-6-12(9)15(16)13-7-10(2)11(3)8-14(13)17/h7-9,12,15H,4-6H2,1-3H3. The van der Waals surface area contributed by atoms with E-state index in [0.717, 1.165) is 16.9 Å². The molecule has 0 aromatic heterocycles. The van der Waals surface area contributed by atoms with Crippen molar-refractivity contribution in [1.82, 2.24) is 0 Å². The molecule has 0 amide bonds. The highest BCUT2D eigenvalue weighted by atomic mass is 79.9. The Bertz CT molecular complexity index is 414. The SMILES string of the molecule is Cc1cc(Cl)c(C(Br)C2CCCC2C)cc1C. The van der Waals surface area contributed by atoms with Crippen LogP contribution in [-0.2, 0) is 0 Å². The van der Waals surface area contributed by atoms with Crippen molar-refractivity contribution in [3.63, 3.8) is 0 Å². The van der Waals surface area contributed by atoms with Crippen LogP contribution in [0.2, 0.25) is 5.02 Å². The third-order valence-corrected chi connectivity index (χ3v) is 5.71. The lowest BCUT2D eigenvalue weighted by molar-refractivity contribution is 0.414. The zero-order chi connectivity index (χ0) is 12.6. The second-order valence-corrected chi connectivity index (χ2v) is 6.83. The second-order valence-electron chi connectivity index (χ2n) is 5.43. The molecule has 1 fully saturated rings. The monoisotopic (exact) mass is 314 g/mol. The van der Waals surface area contributed by atoms with Crippen LogP contribution < -0.4 is 0 Å². The molecule has 1 aromatic carbocycles. The Hall–Kier alpha value is -0.0100. The molecule has 2 rings (SSSR count). The van der Waals surface area contributed by atoms with E-state index in [1.165, 1.54) is 36.0 Å². The lowest BCUT2D eigenvalue weighted by atomic mass is 9.89. The number of hydrogen-bond acceptors (Lipinski definition) is 0. The van der Waals surface area contributed by atoms with Gasteiger partial charge in [0.15, 0.2) is 0 Å². The lowest BCUT2D eigenvalue weighted by Gasteiger charge is -2.23. The predicted molar refractivity (Wildman–Crippen MR) is 79.1 cm³/mol. The first-order valence-corrected chi connectivity index (χ1v) is 7.70. The number of hydrogen-bond donors (Lipinski definition) is 0. The predicted octanol–water partition coefficient (Wildman–Crippen LogP) is 5.83. The zero-order valence-electron chi connectivity index (χ0n) is 10.8. The Morgan fingerprint density at radius 2 is 1.88 bits per heavy atom. The number of aryl methyl sites for hydroxylation is 2. The maximum absolute atomic E-state index is 6.39. The van der Waals surface area contributed by atoms with Crippen LogP contribution in [0.1, 0.15) is 47.7 Å². The maximum atomic E-state index is 6.39. The lowest BCUT2D eigenvalue weighted by Crippen LogP contribution is -2.11. The average Bonchev–Trinajstić information content (AvgIpc) is 2.69. The molecule has 1 saturated carbocycles. The molecule has 0 saturated heterocycles.